The fraction of sp³-hybridized carbons (Fsp3) is 1.00. The van der Waals surface area contributed by atoms with E-state index in [0.29, 0.717) is 19.3 Å². The van der Waals surface area contributed by atoms with Gasteiger partial charge in [-0.1, -0.05) is 19.3 Å². The molecule has 4 heteroatoms. The quantitative estimate of drug-likeness (QED) is 0.531. The predicted molar refractivity (Wildman–Crippen MR) is 62.7 cm³/mol. The van der Waals surface area contributed by atoms with Crippen LogP contribution in [0.1, 0.15) is 32.1 Å². The second-order valence-corrected chi connectivity index (χ2v) is 4.35. The van der Waals surface area contributed by atoms with Gasteiger partial charge in [0.05, 0.1) is 12.7 Å². The zero-order valence-corrected chi connectivity index (χ0v) is 9.58. The van der Waals surface area contributed by atoms with Gasteiger partial charge in [0.2, 0.25) is 0 Å². The van der Waals surface area contributed by atoms with E-state index in [1.54, 1.807) is 0 Å². The van der Waals surface area contributed by atoms with Crippen molar-refractivity contribution in [1.82, 2.24) is 5.32 Å². The molecule has 1 fully saturated rings. The summed E-state index contributed by atoms with van der Waals surface area (Å²) in [5.41, 5.74) is 11.3. The SMILES string of the molecule is NCCNC[C@@H](N)COC1CCCCC1. The molecule has 0 heterocycles. The molecule has 0 unspecified atom stereocenters. The molecule has 5 N–H and O–H groups in total. The highest BCUT2D eigenvalue weighted by atomic mass is 16.5. The van der Waals surface area contributed by atoms with Crippen molar-refractivity contribution in [2.45, 2.75) is 44.2 Å². The molecule has 4 nitrogen and oxygen atoms in total. The lowest BCUT2D eigenvalue weighted by Crippen LogP contribution is -2.40. The standard InChI is InChI=1S/C11H25N3O/c12-6-7-14-8-10(13)9-15-11-4-2-1-3-5-11/h10-11,14H,1-9,12-13H2/t10-/m1/s1. The molecule has 0 amide bonds. The number of rotatable bonds is 7. The number of nitrogens with one attached hydrogen (secondary N) is 1. The van der Waals surface area contributed by atoms with Gasteiger partial charge in [0, 0.05) is 25.7 Å². The van der Waals surface area contributed by atoms with Gasteiger partial charge < -0.3 is 21.5 Å². The summed E-state index contributed by atoms with van der Waals surface area (Å²) in [7, 11) is 0. The van der Waals surface area contributed by atoms with Crippen molar-refractivity contribution in [3.8, 4) is 0 Å². The minimum absolute atomic E-state index is 0.0958. The monoisotopic (exact) mass is 215 g/mol. The van der Waals surface area contributed by atoms with E-state index in [0.717, 1.165) is 13.1 Å². The second-order valence-electron chi connectivity index (χ2n) is 4.35. The first-order chi connectivity index (χ1) is 7.33. The van der Waals surface area contributed by atoms with Gasteiger partial charge in [-0.2, -0.15) is 0 Å². The van der Waals surface area contributed by atoms with Crippen molar-refractivity contribution < 1.29 is 4.74 Å². The summed E-state index contributed by atoms with van der Waals surface area (Å²) < 4.78 is 5.78. The Balaban J connectivity index is 1.97. The molecule has 0 bridgehead atoms. The lowest BCUT2D eigenvalue weighted by molar-refractivity contribution is 0.0210. The first-order valence-electron chi connectivity index (χ1n) is 6.11. The molecule has 0 aromatic carbocycles. The van der Waals surface area contributed by atoms with Gasteiger partial charge in [0.15, 0.2) is 0 Å². The average Bonchev–Trinajstić information content (AvgIpc) is 2.28. The molecule has 0 aromatic heterocycles. The number of hydrogen-bond acceptors (Lipinski definition) is 4. The zero-order chi connectivity index (χ0) is 10.9. The van der Waals surface area contributed by atoms with E-state index in [9.17, 15) is 0 Å². The molecule has 0 radical (unpaired) electrons. The molecule has 1 aliphatic carbocycles. The Hall–Kier alpha value is -0.160. The highest BCUT2D eigenvalue weighted by Gasteiger charge is 2.14. The second kappa shape index (κ2) is 8.05. The van der Waals surface area contributed by atoms with E-state index in [1.165, 1.54) is 32.1 Å². The summed E-state index contributed by atoms with van der Waals surface area (Å²) in [6, 6.07) is 0.0958. The van der Waals surface area contributed by atoms with Crippen molar-refractivity contribution in [1.29, 1.82) is 0 Å². The first kappa shape index (κ1) is 12.9. The highest BCUT2D eigenvalue weighted by Crippen LogP contribution is 2.20. The Morgan fingerprint density at radius 3 is 2.67 bits per heavy atom. The topological polar surface area (TPSA) is 73.3 Å². The molecule has 0 aliphatic heterocycles. The minimum Gasteiger partial charge on any atom is -0.377 e. The summed E-state index contributed by atoms with van der Waals surface area (Å²) in [6.07, 6.45) is 6.87. The van der Waals surface area contributed by atoms with Crippen LogP contribution in [-0.4, -0.2) is 38.4 Å². The molecule has 1 atom stereocenters. The summed E-state index contributed by atoms with van der Waals surface area (Å²) in [6.45, 7) is 2.96. The Morgan fingerprint density at radius 2 is 2.00 bits per heavy atom. The number of hydrogen-bond donors (Lipinski definition) is 3. The minimum atomic E-state index is 0.0958. The van der Waals surface area contributed by atoms with Crippen molar-refractivity contribution in [3.63, 3.8) is 0 Å². The van der Waals surface area contributed by atoms with E-state index < -0.39 is 0 Å². The highest BCUT2D eigenvalue weighted by molar-refractivity contribution is 4.69. The van der Waals surface area contributed by atoms with Crippen LogP contribution < -0.4 is 16.8 Å². The zero-order valence-electron chi connectivity index (χ0n) is 9.58. The van der Waals surface area contributed by atoms with Crippen LogP contribution in [0.5, 0.6) is 0 Å². The smallest absolute Gasteiger partial charge is 0.0633 e. The Kier molecular flexibility index (Phi) is 6.92. The number of ether oxygens (including phenoxy) is 1. The lowest BCUT2D eigenvalue weighted by atomic mass is 9.98. The van der Waals surface area contributed by atoms with Crippen LogP contribution in [0.4, 0.5) is 0 Å². The largest absolute Gasteiger partial charge is 0.377 e. The van der Waals surface area contributed by atoms with Crippen molar-refractivity contribution in [3.05, 3.63) is 0 Å². The van der Waals surface area contributed by atoms with Crippen LogP contribution in [0, 0.1) is 0 Å². The maximum atomic E-state index is 5.90. The Labute approximate surface area is 92.7 Å². The summed E-state index contributed by atoms with van der Waals surface area (Å²) in [5, 5.41) is 3.19. The maximum absolute atomic E-state index is 5.90. The normalized spacial score (nSPS) is 20.4. The van der Waals surface area contributed by atoms with Crippen LogP contribution in [0.25, 0.3) is 0 Å². The lowest BCUT2D eigenvalue weighted by Gasteiger charge is -2.23. The molecule has 0 aromatic rings. The third-order valence-electron chi connectivity index (χ3n) is 2.83. The maximum Gasteiger partial charge on any atom is 0.0633 e. The molecule has 15 heavy (non-hydrogen) atoms. The van der Waals surface area contributed by atoms with Crippen LogP contribution in [0.2, 0.25) is 0 Å². The molecular formula is C11H25N3O. The Morgan fingerprint density at radius 1 is 1.27 bits per heavy atom. The summed E-state index contributed by atoms with van der Waals surface area (Å²) in [4.78, 5) is 0. The van der Waals surface area contributed by atoms with Crippen molar-refractivity contribution in [2.75, 3.05) is 26.2 Å². The van der Waals surface area contributed by atoms with Crippen LogP contribution in [0.3, 0.4) is 0 Å². The van der Waals surface area contributed by atoms with Gasteiger partial charge >= 0.3 is 0 Å². The van der Waals surface area contributed by atoms with Crippen molar-refractivity contribution >= 4 is 0 Å². The van der Waals surface area contributed by atoms with E-state index in [-0.39, 0.29) is 6.04 Å². The molecular weight excluding hydrogens is 190 g/mol. The van der Waals surface area contributed by atoms with Gasteiger partial charge in [0.1, 0.15) is 0 Å². The van der Waals surface area contributed by atoms with Gasteiger partial charge in [0.25, 0.3) is 0 Å². The number of nitrogens with two attached hydrogens (primary N) is 2. The molecule has 1 saturated carbocycles. The van der Waals surface area contributed by atoms with Gasteiger partial charge in [-0.15, -0.1) is 0 Å². The summed E-state index contributed by atoms with van der Waals surface area (Å²) in [5.74, 6) is 0. The predicted octanol–water partition coefficient (Wildman–Crippen LogP) is 0.211. The van der Waals surface area contributed by atoms with E-state index >= 15 is 0 Å². The van der Waals surface area contributed by atoms with Gasteiger partial charge in [-0.25, -0.2) is 0 Å². The van der Waals surface area contributed by atoms with E-state index in [1.807, 2.05) is 0 Å². The van der Waals surface area contributed by atoms with Gasteiger partial charge in [-0.05, 0) is 12.8 Å². The molecule has 1 rings (SSSR count). The van der Waals surface area contributed by atoms with Crippen molar-refractivity contribution in [2.24, 2.45) is 11.5 Å². The van der Waals surface area contributed by atoms with Crippen LogP contribution in [-0.2, 0) is 4.74 Å². The van der Waals surface area contributed by atoms with Gasteiger partial charge in [-0.3, -0.25) is 0 Å². The summed E-state index contributed by atoms with van der Waals surface area (Å²) >= 11 is 0. The fourth-order valence-electron chi connectivity index (χ4n) is 1.94. The van der Waals surface area contributed by atoms with Crippen LogP contribution in [0.15, 0.2) is 0 Å². The fourth-order valence-corrected chi connectivity index (χ4v) is 1.94. The molecule has 1 aliphatic rings. The van der Waals surface area contributed by atoms with E-state index in [4.69, 9.17) is 16.2 Å². The molecule has 0 saturated heterocycles. The molecule has 0 spiro atoms. The third-order valence-corrected chi connectivity index (χ3v) is 2.83. The van der Waals surface area contributed by atoms with E-state index in [2.05, 4.69) is 5.32 Å². The Bertz CT molecular complexity index is 149. The molecule has 90 valence electrons. The van der Waals surface area contributed by atoms with Crippen LogP contribution >= 0.6 is 0 Å². The third kappa shape index (κ3) is 6.10. The average molecular weight is 215 g/mol. The first-order valence-corrected chi connectivity index (χ1v) is 6.11.